The smallest absolute Gasteiger partial charge is 0.0602 e. The van der Waals surface area contributed by atoms with Crippen molar-refractivity contribution in [3.8, 4) is 27.9 Å². The maximum atomic E-state index is 2.39. The molecule has 0 N–H and O–H groups in total. The Labute approximate surface area is 266 Å². The lowest BCUT2D eigenvalue weighted by atomic mass is 10.0. The quantitative estimate of drug-likeness (QED) is 0.201. The standard InChI is InChI=1S/C42H28N2S/c1-3-11-29(12-4-1)30-19-23-34(24-20-30)43-37-16-8-7-15-35(37)36-27-31(21-25-38(36)43)32-22-26-40-42(28-32)45-41-18-10-9-17-39(41)44(40)33-13-5-2-6-14-33/h1-28H. The predicted molar refractivity (Wildman–Crippen MR) is 190 cm³/mol. The number of nitrogens with zero attached hydrogens (tertiary/aromatic N) is 2. The van der Waals surface area contributed by atoms with Crippen molar-refractivity contribution >= 4 is 50.6 Å². The summed E-state index contributed by atoms with van der Waals surface area (Å²) in [7, 11) is 0. The van der Waals surface area contributed by atoms with Crippen LogP contribution in [0, 0.1) is 0 Å². The number of para-hydroxylation sites is 3. The first-order chi connectivity index (χ1) is 22.3. The average Bonchev–Trinajstić information content (AvgIpc) is 3.45. The minimum Gasteiger partial charge on any atom is -0.309 e. The number of aromatic nitrogens is 1. The van der Waals surface area contributed by atoms with E-state index in [4.69, 9.17) is 0 Å². The Morgan fingerprint density at radius 1 is 0.356 bits per heavy atom. The minimum atomic E-state index is 1.17. The van der Waals surface area contributed by atoms with Gasteiger partial charge in [0.05, 0.1) is 22.4 Å². The summed E-state index contributed by atoms with van der Waals surface area (Å²) in [6, 6.07) is 61.4. The van der Waals surface area contributed by atoms with E-state index in [0.29, 0.717) is 0 Å². The average molecular weight is 593 g/mol. The van der Waals surface area contributed by atoms with Gasteiger partial charge in [-0.05, 0) is 89.0 Å². The summed E-state index contributed by atoms with van der Waals surface area (Å²) in [5.41, 5.74) is 12.1. The molecule has 1 aliphatic heterocycles. The van der Waals surface area contributed by atoms with Crippen LogP contribution in [0.5, 0.6) is 0 Å². The molecule has 9 rings (SSSR count). The maximum Gasteiger partial charge on any atom is 0.0602 e. The van der Waals surface area contributed by atoms with Crippen LogP contribution in [0.3, 0.4) is 0 Å². The highest BCUT2D eigenvalue weighted by Crippen LogP contribution is 2.52. The highest BCUT2D eigenvalue weighted by atomic mass is 32.2. The van der Waals surface area contributed by atoms with Gasteiger partial charge in [0, 0.05) is 31.9 Å². The van der Waals surface area contributed by atoms with Gasteiger partial charge in [0.1, 0.15) is 0 Å². The van der Waals surface area contributed by atoms with Crippen molar-refractivity contribution < 1.29 is 0 Å². The lowest BCUT2D eigenvalue weighted by Crippen LogP contribution is -2.14. The SMILES string of the molecule is c1ccc(-c2ccc(-n3c4ccccc4c4cc(-c5ccc6c(c5)Sc5ccccc5N6c5ccccc5)ccc43)cc2)cc1. The largest absolute Gasteiger partial charge is 0.309 e. The van der Waals surface area contributed by atoms with Crippen LogP contribution in [0.1, 0.15) is 0 Å². The van der Waals surface area contributed by atoms with Gasteiger partial charge in [0.25, 0.3) is 0 Å². The van der Waals surface area contributed by atoms with Crippen molar-refractivity contribution in [2.24, 2.45) is 0 Å². The highest BCUT2D eigenvalue weighted by molar-refractivity contribution is 7.99. The summed E-state index contributed by atoms with van der Waals surface area (Å²) in [6.45, 7) is 0. The first kappa shape index (κ1) is 25.9. The maximum absolute atomic E-state index is 2.39. The molecule has 0 saturated carbocycles. The summed E-state index contributed by atoms with van der Waals surface area (Å²) in [4.78, 5) is 4.91. The van der Waals surface area contributed by atoms with Crippen LogP contribution in [-0.4, -0.2) is 4.57 Å². The molecule has 0 bridgehead atoms. The molecule has 212 valence electrons. The van der Waals surface area contributed by atoms with Crippen molar-refractivity contribution in [2.75, 3.05) is 4.90 Å². The first-order valence-corrected chi connectivity index (χ1v) is 16.1. The Balaban J connectivity index is 1.15. The fraction of sp³-hybridized carbons (Fsp3) is 0. The van der Waals surface area contributed by atoms with Gasteiger partial charge in [-0.3, -0.25) is 0 Å². The molecule has 0 fully saturated rings. The van der Waals surface area contributed by atoms with E-state index in [9.17, 15) is 0 Å². The summed E-state index contributed by atoms with van der Waals surface area (Å²) in [6.07, 6.45) is 0. The van der Waals surface area contributed by atoms with Gasteiger partial charge >= 0.3 is 0 Å². The molecule has 1 aliphatic rings. The number of hydrogen-bond donors (Lipinski definition) is 0. The van der Waals surface area contributed by atoms with Crippen molar-refractivity contribution in [1.29, 1.82) is 0 Å². The third-order valence-electron chi connectivity index (χ3n) is 8.78. The second-order valence-corrected chi connectivity index (χ2v) is 12.5. The summed E-state index contributed by atoms with van der Waals surface area (Å²) in [5.74, 6) is 0. The second-order valence-electron chi connectivity index (χ2n) is 11.4. The number of rotatable bonds is 4. The third kappa shape index (κ3) is 4.35. The fourth-order valence-corrected chi connectivity index (χ4v) is 7.75. The lowest BCUT2D eigenvalue weighted by molar-refractivity contribution is 1.17. The molecule has 0 amide bonds. The summed E-state index contributed by atoms with van der Waals surface area (Å²) >= 11 is 1.85. The van der Waals surface area contributed by atoms with E-state index >= 15 is 0 Å². The molecular weight excluding hydrogens is 565 g/mol. The van der Waals surface area contributed by atoms with Crippen molar-refractivity contribution in [3.63, 3.8) is 0 Å². The lowest BCUT2D eigenvalue weighted by Gasteiger charge is -2.33. The zero-order valence-electron chi connectivity index (χ0n) is 24.5. The topological polar surface area (TPSA) is 8.17 Å². The zero-order chi connectivity index (χ0) is 29.7. The number of fused-ring (bicyclic) bond motifs is 5. The molecule has 3 heteroatoms. The molecule has 0 saturated heterocycles. The molecule has 8 aromatic rings. The van der Waals surface area contributed by atoms with Crippen LogP contribution in [-0.2, 0) is 0 Å². The van der Waals surface area contributed by atoms with Crippen molar-refractivity contribution in [3.05, 3.63) is 170 Å². The van der Waals surface area contributed by atoms with Crippen LogP contribution < -0.4 is 4.90 Å². The Morgan fingerprint density at radius 2 is 0.956 bits per heavy atom. The Kier molecular flexibility index (Phi) is 6.10. The fourth-order valence-electron chi connectivity index (χ4n) is 6.66. The molecule has 7 aromatic carbocycles. The van der Waals surface area contributed by atoms with E-state index in [2.05, 4.69) is 179 Å². The molecular formula is C42H28N2S. The normalized spacial score (nSPS) is 12.3. The third-order valence-corrected chi connectivity index (χ3v) is 9.89. The van der Waals surface area contributed by atoms with E-state index in [1.165, 1.54) is 76.6 Å². The molecule has 2 heterocycles. The predicted octanol–water partition coefficient (Wildman–Crippen LogP) is 12.1. The molecule has 1 aromatic heterocycles. The van der Waals surface area contributed by atoms with Crippen molar-refractivity contribution in [2.45, 2.75) is 9.79 Å². The van der Waals surface area contributed by atoms with Crippen LogP contribution >= 0.6 is 11.8 Å². The van der Waals surface area contributed by atoms with E-state index in [1.54, 1.807) is 0 Å². The Hall–Kier alpha value is -5.51. The monoisotopic (exact) mass is 592 g/mol. The van der Waals surface area contributed by atoms with Crippen molar-refractivity contribution in [1.82, 2.24) is 4.57 Å². The van der Waals surface area contributed by atoms with Gasteiger partial charge in [-0.25, -0.2) is 0 Å². The molecule has 45 heavy (non-hydrogen) atoms. The Bertz CT molecular complexity index is 2340. The van der Waals surface area contributed by atoms with Gasteiger partial charge in [-0.15, -0.1) is 0 Å². The molecule has 0 spiro atoms. The molecule has 0 radical (unpaired) electrons. The number of benzene rings is 7. The molecule has 0 unspecified atom stereocenters. The van der Waals surface area contributed by atoms with Gasteiger partial charge < -0.3 is 9.47 Å². The van der Waals surface area contributed by atoms with Crippen LogP contribution in [0.2, 0.25) is 0 Å². The molecule has 0 atom stereocenters. The van der Waals surface area contributed by atoms with Gasteiger partial charge in [0.15, 0.2) is 0 Å². The summed E-state index contributed by atoms with van der Waals surface area (Å²) < 4.78 is 2.39. The van der Waals surface area contributed by atoms with Gasteiger partial charge in [-0.2, -0.15) is 0 Å². The minimum absolute atomic E-state index is 1.17. The van der Waals surface area contributed by atoms with Crippen LogP contribution in [0.25, 0.3) is 49.7 Å². The highest BCUT2D eigenvalue weighted by Gasteiger charge is 2.25. The zero-order valence-corrected chi connectivity index (χ0v) is 25.3. The van der Waals surface area contributed by atoms with Gasteiger partial charge in [-0.1, -0.05) is 115 Å². The number of hydrogen-bond acceptors (Lipinski definition) is 2. The van der Waals surface area contributed by atoms with Crippen LogP contribution in [0.15, 0.2) is 180 Å². The molecule has 2 nitrogen and oxygen atoms in total. The van der Waals surface area contributed by atoms with E-state index in [1.807, 2.05) is 11.8 Å². The van der Waals surface area contributed by atoms with Crippen LogP contribution in [0.4, 0.5) is 17.1 Å². The van der Waals surface area contributed by atoms with E-state index < -0.39 is 0 Å². The Morgan fingerprint density at radius 3 is 1.80 bits per heavy atom. The first-order valence-electron chi connectivity index (χ1n) is 15.3. The molecule has 0 aliphatic carbocycles. The summed E-state index contributed by atoms with van der Waals surface area (Å²) in [5, 5.41) is 2.52. The van der Waals surface area contributed by atoms with E-state index in [-0.39, 0.29) is 0 Å². The van der Waals surface area contributed by atoms with E-state index in [0.717, 1.165) is 0 Å². The van der Waals surface area contributed by atoms with Gasteiger partial charge in [0.2, 0.25) is 0 Å². The number of anilines is 3. The second kappa shape index (κ2) is 10.6.